The highest BCUT2D eigenvalue weighted by Crippen LogP contribution is 2.29. The van der Waals surface area contributed by atoms with E-state index in [1.165, 1.54) is 13.0 Å². The molecule has 0 saturated heterocycles. The number of ether oxygens (including phenoxy) is 1. The first kappa shape index (κ1) is 14.4. The quantitative estimate of drug-likeness (QED) is 0.277. The van der Waals surface area contributed by atoms with Gasteiger partial charge in [0.05, 0.1) is 17.6 Å². The number of nitrogens with zero attached hydrogens (tertiary/aromatic N) is 1. The van der Waals surface area contributed by atoms with Gasteiger partial charge in [0.15, 0.2) is 5.78 Å². The van der Waals surface area contributed by atoms with Crippen LogP contribution >= 0.6 is 0 Å². The summed E-state index contributed by atoms with van der Waals surface area (Å²) < 4.78 is 9.33. The number of carbonyl (C=O) groups is 2. The van der Waals surface area contributed by atoms with Gasteiger partial charge in [0.25, 0.3) is 0 Å². The first-order valence-corrected chi connectivity index (χ1v) is 5.70. The molecule has 2 aromatic rings. The van der Waals surface area contributed by atoms with Crippen LogP contribution in [0.1, 0.15) is 27.6 Å². The molecule has 8 heteroatoms. The molecule has 0 amide bonds. The van der Waals surface area contributed by atoms with Gasteiger partial charge in [0, 0.05) is 23.1 Å². The maximum Gasteiger partial charge on any atom is 0.338 e. The van der Waals surface area contributed by atoms with Crippen LogP contribution in [-0.4, -0.2) is 23.8 Å². The van der Waals surface area contributed by atoms with Gasteiger partial charge in [-0.3, -0.25) is 14.9 Å². The number of nitro groups is 1. The van der Waals surface area contributed by atoms with Crippen molar-refractivity contribution in [1.82, 2.24) is 0 Å². The van der Waals surface area contributed by atoms with Crippen molar-refractivity contribution in [3.63, 3.8) is 0 Å². The van der Waals surface area contributed by atoms with Crippen molar-refractivity contribution < 1.29 is 23.7 Å². The van der Waals surface area contributed by atoms with E-state index < -0.39 is 28.0 Å². The van der Waals surface area contributed by atoms with E-state index in [0.717, 1.165) is 19.2 Å². The van der Waals surface area contributed by atoms with Gasteiger partial charge in [-0.1, -0.05) is 0 Å². The van der Waals surface area contributed by atoms with Gasteiger partial charge < -0.3 is 9.15 Å². The minimum atomic E-state index is -0.929. The van der Waals surface area contributed by atoms with Crippen LogP contribution in [0, 0.1) is 10.1 Å². The average Bonchev–Trinajstić information content (AvgIpc) is 2.44. The SMILES string of the molecule is COC(=O)c1cc(=O)oc2c([N+](=O)[O-])cc(C(C)=O)cc12. The minimum Gasteiger partial charge on any atom is -0.465 e. The topological polar surface area (TPSA) is 117 Å². The number of fused-ring (bicyclic) bond motifs is 1. The summed E-state index contributed by atoms with van der Waals surface area (Å²) in [4.78, 5) is 44.9. The Kier molecular flexibility index (Phi) is 3.53. The molecule has 0 saturated carbocycles. The largest absolute Gasteiger partial charge is 0.465 e. The van der Waals surface area contributed by atoms with Crippen molar-refractivity contribution >= 4 is 28.4 Å². The number of ketones is 1. The molecule has 0 spiro atoms. The summed E-state index contributed by atoms with van der Waals surface area (Å²) in [5.74, 6) is -1.29. The number of benzene rings is 1. The Bertz CT molecular complexity index is 834. The van der Waals surface area contributed by atoms with Crippen LogP contribution in [-0.2, 0) is 4.74 Å². The number of methoxy groups -OCH3 is 1. The van der Waals surface area contributed by atoms with E-state index in [1.807, 2.05) is 0 Å². The van der Waals surface area contributed by atoms with Crippen LogP contribution in [0.3, 0.4) is 0 Å². The lowest BCUT2D eigenvalue weighted by Crippen LogP contribution is -2.09. The lowest BCUT2D eigenvalue weighted by atomic mass is 10.0. The number of esters is 1. The molecular formula is C13H9NO7. The standard InChI is InChI=1S/C13H9NO7/c1-6(15)7-3-8-9(13(17)20-2)5-11(16)21-12(8)10(4-7)14(18)19/h3-5H,1-2H3. The molecule has 2 rings (SSSR count). The van der Waals surface area contributed by atoms with Crippen molar-refractivity contribution in [2.75, 3.05) is 7.11 Å². The summed E-state index contributed by atoms with van der Waals surface area (Å²) >= 11 is 0. The maximum absolute atomic E-state index is 11.7. The highest BCUT2D eigenvalue weighted by Gasteiger charge is 2.23. The van der Waals surface area contributed by atoms with Gasteiger partial charge in [0.2, 0.25) is 5.58 Å². The predicted octanol–water partition coefficient (Wildman–Crippen LogP) is 1.69. The molecule has 0 unspecified atom stereocenters. The number of non-ortho nitro benzene ring substituents is 1. The van der Waals surface area contributed by atoms with Gasteiger partial charge in [-0.2, -0.15) is 0 Å². The van der Waals surface area contributed by atoms with Crippen LogP contribution in [0.5, 0.6) is 0 Å². The van der Waals surface area contributed by atoms with E-state index in [0.29, 0.717) is 0 Å². The van der Waals surface area contributed by atoms with E-state index in [4.69, 9.17) is 4.42 Å². The summed E-state index contributed by atoms with van der Waals surface area (Å²) in [6, 6.07) is 3.11. The maximum atomic E-state index is 11.7. The molecule has 0 bridgehead atoms. The van der Waals surface area contributed by atoms with Crippen LogP contribution in [0.15, 0.2) is 27.4 Å². The summed E-state index contributed by atoms with van der Waals surface area (Å²) in [6.07, 6.45) is 0. The predicted molar refractivity (Wildman–Crippen MR) is 70.5 cm³/mol. The first-order valence-electron chi connectivity index (χ1n) is 5.70. The van der Waals surface area contributed by atoms with Crippen molar-refractivity contribution in [1.29, 1.82) is 0 Å². The third kappa shape index (κ3) is 2.50. The van der Waals surface area contributed by atoms with Gasteiger partial charge in [0.1, 0.15) is 0 Å². The molecule has 0 atom stereocenters. The smallest absolute Gasteiger partial charge is 0.338 e. The molecule has 1 aromatic carbocycles. The lowest BCUT2D eigenvalue weighted by molar-refractivity contribution is -0.383. The van der Waals surface area contributed by atoms with E-state index in [2.05, 4.69) is 4.74 Å². The van der Waals surface area contributed by atoms with Crippen LogP contribution in [0.2, 0.25) is 0 Å². The molecule has 0 aliphatic heterocycles. The molecule has 1 heterocycles. The Morgan fingerprint density at radius 2 is 1.95 bits per heavy atom. The average molecular weight is 291 g/mol. The number of carbonyl (C=O) groups excluding carboxylic acids is 2. The van der Waals surface area contributed by atoms with Gasteiger partial charge >= 0.3 is 17.3 Å². The number of rotatable bonds is 3. The van der Waals surface area contributed by atoms with E-state index in [-0.39, 0.29) is 22.1 Å². The Labute approximate surface area is 117 Å². The fourth-order valence-corrected chi connectivity index (χ4v) is 1.86. The zero-order valence-corrected chi connectivity index (χ0v) is 11.0. The summed E-state index contributed by atoms with van der Waals surface area (Å²) in [6.45, 7) is 1.22. The molecule has 0 fully saturated rings. The van der Waals surface area contributed by atoms with Gasteiger partial charge in [-0.15, -0.1) is 0 Å². The van der Waals surface area contributed by atoms with E-state index in [9.17, 15) is 24.5 Å². The molecule has 0 radical (unpaired) electrons. The molecule has 108 valence electrons. The molecule has 0 aliphatic carbocycles. The molecule has 21 heavy (non-hydrogen) atoms. The second kappa shape index (κ2) is 5.16. The van der Waals surface area contributed by atoms with Crippen molar-refractivity contribution in [3.8, 4) is 0 Å². The summed E-state index contributed by atoms with van der Waals surface area (Å²) in [7, 11) is 1.10. The number of hydrogen-bond donors (Lipinski definition) is 0. The second-order valence-corrected chi connectivity index (χ2v) is 4.16. The third-order valence-electron chi connectivity index (χ3n) is 2.83. The monoisotopic (exact) mass is 291 g/mol. The second-order valence-electron chi connectivity index (χ2n) is 4.16. The number of hydrogen-bond acceptors (Lipinski definition) is 7. The lowest BCUT2D eigenvalue weighted by Gasteiger charge is -2.05. The fraction of sp³-hybridized carbons (Fsp3) is 0.154. The molecule has 0 aliphatic rings. The zero-order valence-electron chi connectivity index (χ0n) is 11.0. The van der Waals surface area contributed by atoms with E-state index in [1.54, 1.807) is 0 Å². The summed E-state index contributed by atoms with van der Waals surface area (Å²) in [5.41, 5.74) is -2.05. The fourth-order valence-electron chi connectivity index (χ4n) is 1.86. The molecule has 0 N–H and O–H groups in total. The van der Waals surface area contributed by atoms with Gasteiger partial charge in [-0.05, 0) is 13.0 Å². The first-order chi connectivity index (χ1) is 9.85. The minimum absolute atomic E-state index is 0.0215. The van der Waals surface area contributed by atoms with Crippen LogP contribution < -0.4 is 5.63 Å². The molecule has 8 nitrogen and oxygen atoms in total. The highest BCUT2D eigenvalue weighted by atomic mass is 16.6. The third-order valence-corrected chi connectivity index (χ3v) is 2.83. The van der Waals surface area contributed by atoms with Crippen molar-refractivity contribution in [2.24, 2.45) is 0 Å². The van der Waals surface area contributed by atoms with Crippen molar-refractivity contribution in [3.05, 3.63) is 49.9 Å². The van der Waals surface area contributed by atoms with Gasteiger partial charge in [-0.25, -0.2) is 9.59 Å². The zero-order chi connectivity index (χ0) is 15.7. The normalized spacial score (nSPS) is 10.4. The molecular weight excluding hydrogens is 282 g/mol. The number of nitro benzene ring substituents is 1. The summed E-state index contributed by atoms with van der Waals surface area (Å²) in [5, 5.41) is 11.0. The van der Waals surface area contributed by atoms with Crippen LogP contribution in [0.4, 0.5) is 5.69 Å². The Morgan fingerprint density at radius 3 is 2.48 bits per heavy atom. The Balaban J connectivity index is 3.00. The number of Topliss-reactive ketones (excluding diaryl/α,β-unsaturated/α-hetero) is 1. The highest BCUT2D eigenvalue weighted by molar-refractivity contribution is 6.08. The Hall–Kier alpha value is -3.03. The Morgan fingerprint density at radius 1 is 1.29 bits per heavy atom. The van der Waals surface area contributed by atoms with E-state index >= 15 is 0 Å². The van der Waals surface area contributed by atoms with Crippen molar-refractivity contribution in [2.45, 2.75) is 6.92 Å². The van der Waals surface area contributed by atoms with Crippen LogP contribution in [0.25, 0.3) is 11.0 Å². The molecule has 1 aromatic heterocycles.